The number of anilines is 1. The summed E-state index contributed by atoms with van der Waals surface area (Å²) in [7, 11) is 4.15. The van der Waals surface area contributed by atoms with E-state index in [4.69, 9.17) is 0 Å². The highest BCUT2D eigenvalue weighted by Gasteiger charge is 2.33. The molecule has 3 heteroatoms. The summed E-state index contributed by atoms with van der Waals surface area (Å²) in [6.07, 6.45) is 4.45. The van der Waals surface area contributed by atoms with Gasteiger partial charge < -0.3 is 10.2 Å². The van der Waals surface area contributed by atoms with E-state index in [1.807, 2.05) is 13.2 Å². The summed E-state index contributed by atoms with van der Waals surface area (Å²) in [5, 5.41) is 3.29. The smallest absolute Gasteiger partial charge is 0.0574 e. The van der Waals surface area contributed by atoms with Crippen molar-refractivity contribution in [2.45, 2.75) is 32.7 Å². The minimum Gasteiger partial charge on any atom is -0.373 e. The van der Waals surface area contributed by atoms with E-state index < -0.39 is 0 Å². The first-order chi connectivity index (χ1) is 8.65. The third-order valence-electron chi connectivity index (χ3n) is 4.11. The van der Waals surface area contributed by atoms with Gasteiger partial charge in [-0.2, -0.15) is 0 Å². The monoisotopic (exact) mass is 247 g/mol. The van der Waals surface area contributed by atoms with Crippen LogP contribution >= 0.6 is 0 Å². The molecule has 100 valence electrons. The summed E-state index contributed by atoms with van der Waals surface area (Å²) >= 11 is 0. The summed E-state index contributed by atoms with van der Waals surface area (Å²) in [6.45, 7) is 5.67. The molecule has 0 aliphatic heterocycles. The first-order valence-corrected chi connectivity index (χ1v) is 7.00. The maximum Gasteiger partial charge on any atom is 0.0574 e. The van der Waals surface area contributed by atoms with Crippen LogP contribution in [0.5, 0.6) is 0 Å². The van der Waals surface area contributed by atoms with E-state index in [0.29, 0.717) is 6.04 Å². The Kier molecular flexibility index (Phi) is 4.23. The van der Waals surface area contributed by atoms with Gasteiger partial charge in [0.15, 0.2) is 0 Å². The second-order valence-electron chi connectivity index (χ2n) is 5.54. The number of hydrogen-bond acceptors (Lipinski definition) is 3. The van der Waals surface area contributed by atoms with Crippen LogP contribution in [0.3, 0.4) is 0 Å². The number of pyridine rings is 1. The maximum absolute atomic E-state index is 4.58. The van der Waals surface area contributed by atoms with Crippen molar-refractivity contribution in [2.75, 3.05) is 25.5 Å². The van der Waals surface area contributed by atoms with E-state index in [0.717, 1.165) is 30.5 Å². The lowest BCUT2D eigenvalue weighted by molar-refractivity contribution is 0.561. The topological polar surface area (TPSA) is 28.2 Å². The largest absolute Gasteiger partial charge is 0.373 e. The molecule has 0 radical (unpaired) electrons. The highest BCUT2D eigenvalue weighted by molar-refractivity contribution is 5.44. The van der Waals surface area contributed by atoms with E-state index in [-0.39, 0.29) is 0 Å². The van der Waals surface area contributed by atoms with Gasteiger partial charge in [-0.05, 0) is 43.9 Å². The minimum absolute atomic E-state index is 0.368. The Morgan fingerprint density at radius 2 is 2.22 bits per heavy atom. The Morgan fingerprint density at radius 1 is 1.50 bits per heavy atom. The molecule has 0 saturated heterocycles. The Hall–Kier alpha value is -1.09. The molecule has 1 aliphatic rings. The Morgan fingerprint density at radius 3 is 2.67 bits per heavy atom. The number of nitrogens with one attached hydrogen (secondary N) is 1. The third kappa shape index (κ3) is 3.02. The van der Waals surface area contributed by atoms with Crippen molar-refractivity contribution in [3.8, 4) is 0 Å². The highest BCUT2D eigenvalue weighted by Crippen LogP contribution is 2.38. The average molecular weight is 247 g/mol. The lowest BCUT2D eigenvalue weighted by Gasteiger charge is -2.20. The van der Waals surface area contributed by atoms with Gasteiger partial charge in [-0.25, -0.2) is 0 Å². The SMILES string of the molecule is CCC(NC)c1ccc(N(C)CC2CC2C)cn1. The molecule has 0 amide bonds. The Balaban J connectivity index is 1.97. The fourth-order valence-electron chi connectivity index (χ4n) is 2.50. The van der Waals surface area contributed by atoms with Crippen LogP contribution in [0.25, 0.3) is 0 Å². The molecule has 0 aromatic carbocycles. The first kappa shape index (κ1) is 13.3. The molecule has 1 fully saturated rings. The highest BCUT2D eigenvalue weighted by atomic mass is 15.1. The van der Waals surface area contributed by atoms with Gasteiger partial charge in [-0.1, -0.05) is 13.8 Å². The van der Waals surface area contributed by atoms with Crippen LogP contribution in [-0.2, 0) is 0 Å². The standard InChI is InChI=1S/C15H25N3/c1-5-14(16-3)15-7-6-13(9-17-15)18(4)10-12-8-11(12)2/h6-7,9,11-12,14,16H,5,8,10H2,1-4H3. The fourth-order valence-corrected chi connectivity index (χ4v) is 2.50. The lowest BCUT2D eigenvalue weighted by Crippen LogP contribution is -2.21. The Bertz CT molecular complexity index is 370. The molecule has 3 atom stereocenters. The van der Waals surface area contributed by atoms with Gasteiger partial charge >= 0.3 is 0 Å². The van der Waals surface area contributed by atoms with E-state index in [2.05, 4.69) is 48.2 Å². The van der Waals surface area contributed by atoms with Crippen molar-refractivity contribution in [1.29, 1.82) is 0 Å². The van der Waals surface area contributed by atoms with Gasteiger partial charge in [-0.3, -0.25) is 4.98 Å². The summed E-state index contributed by atoms with van der Waals surface area (Å²) in [4.78, 5) is 6.91. The zero-order valence-electron chi connectivity index (χ0n) is 12.0. The third-order valence-corrected chi connectivity index (χ3v) is 4.11. The van der Waals surface area contributed by atoms with Crippen LogP contribution in [0.2, 0.25) is 0 Å². The van der Waals surface area contributed by atoms with Crippen LogP contribution in [0.1, 0.15) is 38.4 Å². The summed E-state index contributed by atoms with van der Waals surface area (Å²) < 4.78 is 0. The number of aromatic nitrogens is 1. The number of hydrogen-bond donors (Lipinski definition) is 1. The van der Waals surface area contributed by atoms with Crippen LogP contribution in [-0.4, -0.2) is 25.6 Å². The van der Waals surface area contributed by atoms with Gasteiger partial charge in [0.1, 0.15) is 0 Å². The molecule has 0 bridgehead atoms. The van der Waals surface area contributed by atoms with Crippen molar-refractivity contribution in [2.24, 2.45) is 11.8 Å². The van der Waals surface area contributed by atoms with Crippen LogP contribution in [0.4, 0.5) is 5.69 Å². The van der Waals surface area contributed by atoms with Crippen molar-refractivity contribution in [1.82, 2.24) is 10.3 Å². The molecule has 1 heterocycles. The van der Waals surface area contributed by atoms with Gasteiger partial charge in [0.2, 0.25) is 0 Å². The van der Waals surface area contributed by atoms with Crippen molar-refractivity contribution < 1.29 is 0 Å². The summed E-state index contributed by atoms with van der Waals surface area (Å²) in [5.74, 6) is 1.80. The second kappa shape index (κ2) is 5.70. The average Bonchev–Trinajstić information content (AvgIpc) is 3.07. The molecule has 0 spiro atoms. The molecule has 1 N–H and O–H groups in total. The predicted molar refractivity (Wildman–Crippen MR) is 76.9 cm³/mol. The maximum atomic E-state index is 4.58. The van der Waals surface area contributed by atoms with Crippen molar-refractivity contribution in [3.05, 3.63) is 24.0 Å². The molecule has 3 nitrogen and oxygen atoms in total. The normalized spacial score (nSPS) is 23.8. The molecule has 18 heavy (non-hydrogen) atoms. The van der Waals surface area contributed by atoms with Crippen molar-refractivity contribution in [3.63, 3.8) is 0 Å². The second-order valence-corrected chi connectivity index (χ2v) is 5.54. The molecule has 3 unspecified atom stereocenters. The van der Waals surface area contributed by atoms with Crippen LogP contribution in [0, 0.1) is 11.8 Å². The van der Waals surface area contributed by atoms with Gasteiger partial charge in [0.25, 0.3) is 0 Å². The number of nitrogens with zero attached hydrogens (tertiary/aromatic N) is 2. The van der Waals surface area contributed by atoms with Gasteiger partial charge in [0.05, 0.1) is 17.6 Å². The zero-order chi connectivity index (χ0) is 13.1. The Labute approximate surface area is 111 Å². The molecular formula is C15H25N3. The summed E-state index contributed by atoms with van der Waals surface area (Å²) in [6, 6.07) is 4.70. The van der Waals surface area contributed by atoms with Crippen LogP contribution in [0.15, 0.2) is 18.3 Å². The molecule has 1 aromatic rings. The summed E-state index contributed by atoms with van der Waals surface area (Å²) in [5.41, 5.74) is 2.36. The first-order valence-electron chi connectivity index (χ1n) is 7.00. The molecule has 1 aliphatic carbocycles. The van der Waals surface area contributed by atoms with E-state index in [1.54, 1.807) is 0 Å². The van der Waals surface area contributed by atoms with Gasteiger partial charge in [-0.15, -0.1) is 0 Å². The fraction of sp³-hybridized carbons (Fsp3) is 0.667. The van der Waals surface area contributed by atoms with E-state index >= 15 is 0 Å². The van der Waals surface area contributed by atoms with Crippen molar-refractivity contribution >= 4 is 5.69 Å². The number of rotatable bonds is 6. The molecule has 1 saturated carbocycles. The molecule has 1 aromatic heterocycles. The zero-order valence-corrected chi connectivity index (χ0v) is 12.0. The van der Waals surface area contributed by atoms with Crippen LogP contribution < -0.4 is 10.2 Å². The lowest BCUT2D eigenvalue weighted by atomic mass is 10.1. The molecular weight excluding hydrogens is 222 g/mol. The van der Waals surface area contributed by atoms with E-state index in [9.17, 15) is 0 Å². The minimum atomic E-state index is 0.368. The quantitative estimate of drug-likeness (QED) is 0.838. The van der Waals surface area contributed by atoms with E-state index in [1.165, 1.54) is 12.1 Å². The molecule has 2 rings (SSSR count). The predicted octanol–water partition coefficient (Wildman–Crippen LogP) is 2.84. The van der Waals surface area contributed by atoms with Gasteiger partial charge in [0, 0.05) is 19.6 Å².